The zero-order chi connectivity index (χ0) is 16.3. The molecule has 0 amide bonds. The van der Waals surface area contributed by atoms with Crippen molar-refractivity contribution in [2.24, 2.45) is 0 Å². The van der Waals surface area contributed by atoms with E-state index in [-0.39, 0.29) is 23.3 Å². The summed E-state index contributed by atoms with van der Waals surface area (Å²) in [6.07, 6.45) is 0.684. The highest BCUT2D eigenvalue weighted by Gasteiger charge is 2.13. The Hall–Kier alpha value is -2.36. The Kier molecular flexibility index (Phi) is 4.81. The van der Waals surface area contributed by atoms with Gasteiger partial charge in [0.25, 0.3) is 5.56 Å². The lowest BCUT2D eigenvalue weighted by molar-refractivity contribution is 0.112. The van der Waals surface area contributed by atoms with Crippen LogP contribution in [-0.4, -0.2) is 17.0 Å². The normalized spacial score (nSPS) is 11.0. The molecular formula is C18H21NO3. The highest BCUT2D eigenvalue weighted by atomic mass is 16.5. The molecule has 0 bridgehead atoms. The van der Waals surface area contributed by atoms with Gasteiger partial charge in [-0.3, -0.25) is 9.59 Å². The van der Waals surface area contributed by atoms with Crippen LogP contribution in [0.25, 0.3) is 11.3 Å². The van der Waals surface area contributed by atoms with E-state index in [1.165, 1.54) is 0 Å². The van der Waals surface area contributed by atoms with Gasteiger partial charge in [0.15, 0.2) is 6.29 Å². The molecule has 0 aliphatic carbocycles. The molecule has 22 heavy (non-hydrogen) atoms. The standard InChI is InChI=1S/C18H21NO3/c1-12(2)19-17(9-8-15(11-20)18(19)21)14-6-5-7-16(10-14)22-13(3)4/h5-13H,1-4H3. The van der Waals surface area contributed by atoms with E-state index in [0.717, 1.165) is 17.0 Å². The average molecular weight is 299 g/mol. The molecule has 4 nitrogen and oxygen atoms in total. The maximum Gasteiger partial charge on any atom is 0.261 e. The lowest BCUT2D eigenvalue weighted by Gasteiger charge is -2.18. The largest absolute Gasteiger partial charge is 0.491 e. The van der Waals surface area contributed by atoms with E-state index in [1.54, 1.807) is 16.7 Å². The van der Waals surface area contributed by atoms with Crippen LogP contribution in [0.2, 0.25) is 0 Å². The number of hydrogen-bond donors (Lipinski definition) is 0. The SMILES string of the molecule is CC(C)Oc1cccc(-c2ccc(C=O)c(=O)n2C(C)C)c1. The van der Waals surface area contributed by atoms with Crippen LogP contribution in [0.4, 0.5) is 0 Å². The van der Waals surface area contributed by atoms with Crippen LogP contribution in [-0.2, 0) is 0 Å². The number of carbonyl (C=O) groups excluding carboxylic acids is 1. The van der Waals surface area contributed by atoms with Gasteiger partial charge in [0, 0.05) is 11.6 Å². The average Bonchev–Trinajstić information content (AvgIpc) is 2.46. The highest BCUT2D eigenvalue weighted by molar-refractivity contribution is 5.75. The Labute approximate surface area is 130 Å². The fraction of sp³-hybridized carbons (Fsp3) is 0.333. The van der Waals surface area contributed by atoms with Crippen LogP contribution in [0.1, 0.15) is 44.1 Å². The Morgan fingerprint density at radius 2 is 1.82 bits per heavy atom. The molecule has 1 aromatic heterocycles. The maximum absolute atomic E-state index is 12.4. The molecule has 1 heterocycles. The molecule has 2 aromatic rings. The van der Waals surface area contributed by atoms with Crippen molar-refractivity contribution in [2.75, 3.05) is 0 Å². The molecule has 0 atom stereocenters. The van der Waals surface area contributed by atoms with Crippen LogP contribution >= 0.6 is 0 Å². The summed E-state index contributed by atoms with van der Waals surface area (Å²) < 4.78 is 7.35. The molecule has 0 fully saturated rings. The first kappa shape index (κ1) is 16.0. The van der Waals surface area contributed by atoms with Gasteiger partial charge in [0.05, 0.1) is 17.4 Å². The van der Waals surface area contributed by atoms with Crippen molar-refractivity contribution in [3.63, 3.8) is 0 Å². The number of pyridine rings is 1. The topological polar surface area (TPSA) is 48.3 Å². The number of benzene rings is 1. The molecule has 0 saturated heterocycles. The second-order valence-electron chi connectivity index (χ2n) is 5.76. The van der Waals surface area contributed by atoms with Crippen LogP contribution < -0.4 is 10.3 Å². The number of hydrogen-bond acceptors (Lipinski definition) is 3. The third-order valence-electron chi connectivity index (χ3n) is 3.29. The van der Waals surface area contributed by atoms with Crippen LogP contribution in [0.5, 0.6) is 5.75 Å². The zero-order valence-corrected chi connectivity index (χ0v) is 13.4. The fourth-order valence-electron chi connectivity index (χ4n) is 2.41. The van der Waals surface area contributed by atoms with E-state index in [1.807, 2.05) is 52.0 Å². The number of nitrogens with zero attached hydrogens (tertiary/aromatic N) is 1. The number of rotatable bonds is 5. The Morgan fingerprint density at radius 1 is 1.09 bits per heavy atom. The zero-order valence-electron chi connectivity index (χ0n) is 13.4. The molecule has 0 radical (unpaired) electrons. The van der Waals surface area contributed by atoms with E-state index in [9.17, 15) is 9.59 Å². The van der Waals surface area contributed by atoms with Gasteiger partial charge in [-0.1, -0.05) is 12.1 Å². The summed E-state index contributed by atoms with van der Waals surface area (Å²) in [5.41, 5.74) is 1.57. The first-order valence-corrected chi connectivity index (χ1v) is 7.42. The molecule has 2 rings (SSSR count). The molecule has 0 spiro atoms. The summed E-state index contributed by atoms with van der Waals surface area (Å²) >= 11 is 0. The van der Waals surface area contributed by atoms with E-state index in [2.05, 4.69) is 0 Å². The number of aromatic nitrogens is 1. The van der Waals surface area contributed by atoms with Gasteiger partial charge in [-0.15, -0.1) is 0 Å². The molecule has 4 heteroatoms. The number of aldehydes is 1. The maximum atomic E-state index is 12.4. The smallest absolute Gasteiger partial charge is 0.261 e. The third kappa shape index (κ3) is 3.27. The predicted molar refractivity (Wildman–Crippen MR) is 87.7 cm³/mol. The molecule has 116 valence electrons. The first-order chi connectivity index (χ1) is 10.4. The van der Waals surface area contributed by atoms with Crippen LogP contribution in [0.15, 0.2) is 41.2 Å². The summed E-state index contributed by atoms with van der Waals surface area (Å²) in [5.74, 6) is 0.759. The minimum atomic E-state index is -0.266. The van der Waals surface area contributed by atoms with E-state index < -0.39 is 0 Å². The number of ether oxygens (including phenoxy) is 1. The fourth-order valence-corrected chi connectivity index (χ4v) is 2.41. The van der Waals surface area contributed by atoms with Crippen LogP contribution in [0, 0.1) is 0 Å². The molecule has 0 N–H and O–H groups in total. The van der Waals surface area contributed by atoms with Gasteiger partial charge in [-0.25, -0.2) is 0 Å². The van der Waals surface area contributed by atoms with Gasteiger partial charge >= 0.3 is 0 Å². The Morgan fingerprint density at radius 3 is 2.41 bits per heavy atom. The molecule has 0 saturated carbocycles. The second kappa shape index (κ2) is 6.60. The highest BCUT2D eigenvalue weighted by Crippen LogP contribution is 2.25. The quantitative estimate of drug-likeness (QED) is 0.791. The van der Waals surface area contributed by atoms with Crippen molar-refractivity contribution < 1.29 is 9.53 Å². The second-order valence-corrected chi connectivity index (χ2v) is 5.76. The lowest BCUT2D eigenvalue weighted by Crippen LogP contribution is -2.26. The van der Waals surface area contributed by atoms with Gasteiger partial charge in [0.1, 0.15) is 5.75 Å². The van der Waals surface area contributed by atoms with Crippen molar-refractivity contribution in [3.8, 4) is 17.0 Å². The van der Waals surface area contributed by atoms with E-state index in [0.29, 0.717) is 6.29 Å². The lowest BCUT2D eigenvalue weighted by atomic mass is 10.1. The summed E-state index contributed by atoms with van der Waals surface area (Å²) in [7, 11) is 0. The Bertz CT molecular complexity index is 729. The minimum Gasteiger partial charge on any atom is -0.491 e. The monoisotopic (exact) mass is 299 g/mol. The summed E-state index contributed by atoms with van der Waals surface area (Å²) in [6.45, 7) is 7.78. The summed E-state index contributed by atoms with van der Waals surface area (Å²) in [5, 5.41) is 0. The van der Waals surface area contributed by atoms with E-state index in [4.69, 9.17) is 4.74 Å². The van der Waals surface area contributed by atoms with Crippen molar-refractivity contribution in [1.82, 2.24) is 4.57 Å². The minimum absolute atomic E-state index is 0.0444. The first-order valence-electron chi connectivity index (χ1n) is 7.42. The summed E-state index contributed by atoms with van der Waals surface area (Å²) in [4.78, 5) is 23.4. The molecule has 0 unspecified atom stereocenters. The van der Waals surface area contributed by atoms with Crippen molar-refractivity contribution in [3.05, 3.63) is 52.3 Å². The van der Waals surface area contributed by atoms with Crippen LogP contribution in [0.3, 0.4) is 0 Å². The Balaban J connectivity index is 2.60. The third-order valence-corrected chi connectivity index (χ3v) is 3.29. The molecule has 0 aliphatic rings. The molecule has 1 aromatic carbocycles. The van der Waals surface area contributed by atoms with Crippen molar-refractivity contribution in [2.45, 2.75) is 39.8 Å². The molecule has 0 aliphatic heterocycles. The van der Waals surface area contributed by atoms with Gasteiger partial charge in [0.2, 0.25) is 0 Å². The van der Waals surface area contributed by atoms with Crippen molar-refractivity contribution in [1.29, 1.82) is 0 Å². The van der Waals surface area contributed by atoms with Gasteiger partial charge in [-0.05, 0) is 52.0 Å². The van der Waals surface area contributed by atoms with Crippen molar-refractivity contribution >= 4 is 6.29 Å². The molecular weight excluding hydrogens is 278 g/mol. The van der Waals surface area contributed by atoms with Gasteiger partial charge in [-0.2, -0.15) is 0 Å². The van der Waals surface area contributed by atoms with Gasteiger partial charge < -0.3 is 9.30 Å². The number of carbonyl (C=O) groups is 1. The predicted octanol–water partition coefficient (Wildman–Crippen LogP) is 3.70. The summed E-state index contributed by atoms with van der Waals surface area (Å²) in [6, 6.07) is 11.0. The van der Waals surface area contributed by atoms with E-state index >= 15 is 0 Å².